The average Bonchev–Trinajstić information content (AvgIpc) is 2.59. The summed E-state index contributed by atoms with van der Waals surface area (Å²) in [5, 5.41) is 4.54. The molecule has 0 unspecified atom stereocenters. The number of nitrogens with one attached hydrogen (secondary N) is 1. The number of methoxy groups -OCH3 is 1. The van der Waals surface area contributed by atoms with Crippen LogP contribution >= 0.6 is 11.6 Å². The lowest BCUT2D eigenvalue weighted by atomic mass is 10.2. The Labute approximate surface area is 140 Å². The van der Waals surface area contributed by atoms with E-state index in [0.29, 0.717) is 23.3 Å². The molecular formula is C16H21ClN4O2. The molecule has 1 aliphatic rings. The largest absolute Gasteiger partial charge is 0.493 e. The fourth-order valence-corrected chi connectivity index (χ4v) is 2.90. The van der Waals surface area contributed by atoms with Crippen LogP contribution in [0.2, 0.25) is 5.15 Å². The lowest BCUT2D eigenvalue weighted by Gasteiger charge is -2.27. The number of benzene rings is 1. The number of piperazine rings is 1. The molecule has 1 fully saturated rings. The van der Waals surface area contributed by atoms with Crippen molar-refractivity contribution in [3.05, 3.63) is 23.6 Å². The maximum absolute atomic E-state index is 6.13. The monoisotopic (exact) mass is 336 g/mol. The quantitative estimate of drug-likeness (QED) is 0.643. The number of hydrogen-bond acceptors (Lipinski definition) is 6. The highest BCUT2D eigenvalue weighted by Crippen LogP contribution is 2.33. The smallest absolute Gasteiger partial charge is 0.162 e. The zero-order valence-corrected chi connectivity index (χ0v) is 14.0. The Morgan fingerprint density at radius 3 is 2.83 bits per heavy atom. The van der Waals surface area contributed by atoms with Crippen molar-refractivity contribution in [1.82, 2.24) is 20.2 Å². The Morgan fingerprint density at radius 2 is 2.04 bits per heavy atom. The highest BCUT2D eigenvalue weighted by molar-refractivity contribution is 6.34. The third-order valence-electron chi connectivity index (χ3n) is 3.96. The summed E-state index contributed by atoms with van der Waals surface area (Å²) in [6.07, 6.45) is 2.42. The molecule has 124 valence electrons. The first-order valence-corrected chi connectivity index (χ1v) is 8.20. The second kappa shape index (κ2) is 7.77. The number of hydrogen-bond donors (Lipinski definition) is 1. The molecule has 0 spiro atoms. The molecule has 0 bridgehead atoms. The van der Waals surface area contributed by atoms with E-state index in [1.54, 1.807) is 7.11 Å². The van der Waals surface area contributed by atoms with Crippen LogP contribution in [0, 0.1) is 0 Å². The first kappa shape index (κ1) is 16.2. The van der Waals surface area contributed by atoms with E-state index < -0.39 is 0 Å². The summed E-state index contributed by atoms with van der Waals surface area (Å²) in [6, 6.07) is 3.68. The van der Waals surface area contributed by atoms with Gasteiger partial charge < -0.3 is 19.7 Å². The summed E-state index contributed by atoms with van der Waals surface area (Å²) in [5.41, 5.74) is 0.745. The van der Waals surface area contributed by atoms with Gasteiger partial charge in [0.15, 0.2) is 11.5 Å². The number of ether oxygens (including phenoxy) is 2. The predicted molar refractivity (Wildman–Crippen MR) is 90.5 cm³/mol. The standard InChI is InChI=1S/C16H21ClN4O2/c1-22-14-10-13-12(16(17)20-11-19-13)9-15(14)23-8-2-5-21-6-3-18-4-7-21/h9-11,18H,2-8H2,1H3. The summed E-state index contributed by atoms with van der Waals surface area (Å²) in [5.74, 6) is 1.34. The van der Waals surface area contributed by atoms with Crippen LogP contribution in [0.15, 0.2) is 18.5 Å². The van der Waals surface area contributed by atoms with Crippen molar-refractivity contribution < 1.29 is 9.47 Å². The lowest BCUT2D eigenvalue weighted by Crippen LogP contribution is -2.43. The Kier molecular flexibility index (Phi) is 5.48. The van der Waals surface area contributed by atoms with Crippen LogP contribution in [-0.2, 0) is 0 Å². The first-order valence-electron chi connectivity index (χ1n) is 7.82. The van der Waals surface area contributed by atoms with Gasteiger partial charge in [-0.15, -0.1) is 0 Å². The number of nitrogens with zero attached hydrogens (tertiary/aromatic N) is 3. The van der Waals surface area contributed by atoms with Crippen molar-refractivity contribution in [3.8, 4) is 11.5 Å². The molecule has 0 atom stereocenters. The Morgan fingerprint density at radius 1 is 1.22 bits per heavy atom. The van der Waals surface area contributed by atoms with Crippen LogP contribution in [0.3, 0.4) is 0 Å². The zero-order chi connectivity index (χ0) is 16.1. The third kappa shape index (κ3) is 4.02. The molecule has 1 aromatic carbocycles. The summed E-state index contributed by atoms with van der Waals surface area (Å²) in [6.45, 7) is 6.02. The molecule has 6 nitrogen and oxygen atoms in total. The summed E-state index contributed by atoms with van der Waals surface area (Å²) < 4.78 is 11.3. The predicted octanol–water partition coefficient (Wildman–Crippen LogP) is 1.97. The average molecular weight is 337 g/mol. The van der Waals surface area contributed by atoms with E-state index in [1.807, 2.05) is 12.1 Å². The summed E-state index contributed by atoms with van der Waals surface area (Å²) in [4.78, 5) is 10.7. The van der Waals surface area contributed by atoms with Gasteiger partial charge in [-0.2, -0.15) is 0 Å². The maximum atomic E-state index is 6.13. The molecule has 7 heteroatoms. The molecular weight excluding hydrogens is 316 g/mol. The minimum atomic E-state index is 0.420. The van der Waals surface area contributed by atoms with E-state index in [0.717, 1.165) is 50.0 Å². The van der Waals surface area contributed by atoms with Crippen molar-refractivity contribution in [3.63, 3.8) is 0 Å². The molecule has 23 heavy (non-hydrogen) atoms. The van der Waals surface area contributed by atoms with Crippen LogP contribution in [0.4, 0.5) is 0 Å². The fourth-order valence-electron chi connectivity index (χ4n) is 2.71. The van der Waals surface area contributed by atoms with E-state index in [4.69, 9.17) is 21.1 Å². The summed E-state index contributed by atoms with van der Waals surface area (Å²) in [7, 11) is 1.62. The summed E-state index contributed by atoms with van der Waals surface area (Å²) >= 11 is 6.13. The van der Waals surface area contributed by atoms with Crippen LogP contribution in [0.5, 0.6) is 11.5 Å². The molecule has 1 aliphatic heterocycles. The third-order valence-corrected chi connectivity index (χ3v) is 4.26. The van der Waals surface area contributed by atoms with Crippen molar-refractivity contribution in [2.45, 2.75) is 6.42 Å². The van der Waals surface area contributed by atoms with Gasteiger partial charge in [-0.25, -0.2) is 9.97 Å². The molecule has 2 heterocycles. The fraction of sp³-hybridized carbons (Fsp3) is 0.500. The van der Waals surface area contributed by atoms with E-state index in [-0.39, 0.29) is 0 Å². The molecule has 0 aliphatic carbocycles. The topological polar surface area (TPSA) is 59.5 Å². The highest BCUT2D eigenvalue weighted by atomic mass is 35.5. The Hall–Kier alpha value is -1.63. The number of rotatable bonds is 6. The van der Waals surface area contributed by atoms with Gasteiger partial charge in [0.25, 0.3) is 0 Å². The maximum Gasteiger partial charge on any atom is 0.162 e. The molecule has 2 aromatic rings. The molecule has 0 saturated carbocycles. The van der Waals surface area contributed by atoms with Gasteiger partial charge in [-0.3, -0.25) is 0 Å². The molecule has 1 saturated heterocycles. The molecule has 0 amide bonds. The Balaban J connectivity index is 1.63. The highest BCUT2D eigenvalue weighted by Gasteiger charge is 2.12. The van der Waals surface area contributed by atoms with Crippen molar-refractivity contribution in [2.75, 3.05) is 46.4 Å². The Bertz CT molecular complexity index is 662. The number of fused-ring (bicyclic) bond motifs is 1. The van der Waals surface area contributed by atoms with Gasteiger partial charge in [-0.05, 0) is 12.5 Å². The molecule has 3 rings (SSSR count). The van der Waals surface area contributed by atoms with Crippen LogP contribution in [-0.4, -0.2) is 61.3 Å². The molecule has 0 radical (unpaired) electrons. The van der Waals surface area contributed by atoms with Gasteiger partial charge in [0, 0.05) is 44.2 Å². The van der Waals surface area contributed by atoms with Crippen molar-refractivity contribution >= 4 is 22.5 Å². The minimum absolute atomic E-state index is 0.420. The molecule has 1 aromatic heterocycles. The van der Waals surface area contributed by atoms with Crippen molar-refractivity contribution in [2.24, 2.45) is 0 Å². The SMILES string of the molecule is COc1cc2ncnc(Cl)c2cc1OCCCN1CCNCC1. The normalized spacial score (nSPS) is 15.7. The number of aromatic nitrogens is 2. The van der Waals surface area contributed by atoms with Gasteiger partial charge in [0.2, 0.25) is 0 Å². The van der Waals surface area contributed by atoms with E-state index in [2.05, 4.69) is 20.2 Å². The second-order valence-corrected chi connectivity index (χ2v) is 5.84. The number of halogens is 1. The first-order chi connectivity index (χ1) is 11.3. The van der Waals surface area contributed by atoms with E-state index >= 15 is 0 Å². The minimum Gasteiger partial charge on any atom is -0.493 e. The van der Waals surface area contributed by atoms with Gasteiger partial charge in [-0.1, -0.05) is 11.6 Å². The van der Waals surface area contributed by atoms with Gasteiger partial charge >= 0.3 is 0 Å². The van der Waals surface area contributed by atoms with Gasteiger partial charge in [0.1, 0.15) is 11.5 Å². The zero-order valence-electron chi connectivity index (χ0n) is 13.2. The lowest BCUT2D eigenvalue weighted by molar-refractivity contribution is 0.211. The van der Waals surface area contributed by atoms with Crippen LogP contribution in [0.25, 0.3) is 10.9 Å². The van der Waals surface area contributed by atoms with E-state index in [1.165, 1.54) is 6.33 Å². The van der Waals surface area contributed by atoms with Crippen LogP contribution in [0.1, 0.15) is 6.42 Å². The van der Waals surface area contributed by atoms with Gasteiger partial charge in [0.05, 0.1) is 19.2 Å². The van der Waals surface area contributed by atoms with Crippen molar-refractivity contribution in [1.29, 1.82) is 0 Å². The van der Waals surface area contributed by atoms with Crippen LogP contribution < -0.4 is 14.8 Å². The molecule has 1 N–H and O–H groups in total. The van der Waals surface area contributed by atoms with E-state index in [9.17, 15) is 0 Å². The second-order valence-electron chi connectivity index (χ2n) is 5.48.